The van der Waals surface area contributed by atoms with Gasteiger partial charge in [0, 0.05) is 33.0 Å². The van der Waals surface area contributed by atoms with Crippen molar-refractivity contribution in [2.24, 2.45) is 0 Å². The van der Waals surface area contributed by atoms with Crippen molar-refractivity contribution >= 4 is 21.8 Å². The average molecular weight is 626 g/mol. The first kappa shape index (κ1) is 29.0. The van der Waals surface area contributed by atoms with Crippen molar-refractivity contribution in [2.75, 3.05) is 0 Å². The zero-order chi connectivity index (χ0) is 33.3. The number of hydrogen-bond acceptors (Lipinski definition) is 6. The second-order valence-corrected chi connectivity index (χ2v) is 11.4. The predicted octanol–water partition coefficient (Wildman–Crippen LogP) is 9.25. The van der Waals surface area contributed by atoms with Crippen LogP contribution in [0.25, 0.3) is 72.8 Å². The van der Waals surface area contributed by atoms with Crippen molar-refractivity contribution in [1.82, 2.24) is 19.5 Å². The van der Waals surface area contributed by atoms with E-state index < -0.39 is 0 Å². The van der Waals surface area contributed by atoms with Gasteiger partial charge >= 0.3 is 0 Å². The highest BCUT2D eigenvalue weighted by Crippen LogP contribution is 2.41. The smallest absolute Gasteiger partial charge is 0.238 e. The van der Waals surface area contributed by atoms with Crippen LogP contribution < -0.4 is 0 Å². The van der Waals surface area contributed by atoms with Gasteiger partial charge in [0.1, 0.15) is 0 Å². The van der Waals surface area contributed by atoms with Crippen molar-refractivity contribution in [2.45, 2.75) is 0 Å². The van der Waals surface area contributed by atoms with Gasteiger partial charge in [0.2, 0.25) is 5.95 Å². The molecule has 0 amide bonds. The summed E-state index contributed by atoms with van der Waals surface area (Å²) >= 11 is 0. The fraction of sp³-hybridized carbons (Fsp3) is 0. The molecular formula is C42H23N7. The molecule has 0 radical (unpaired) electrons. The normalized spacial score (nSPS) is 10.8. The molecule has 0 saturated carbocycles. The van der Waals surface area contributed by atoms with Crippen LogP contribution in [0, 0.1) is 34.0 Å². The lowest BCUT2D eigenvalue weighted by atomic mass is 9.93. The minimum Gasteiger partial charge on any atom is -0.277 e. The molecule has 6 aromatic carbocycles. The van der Waals surface area contributed by atoms with Gasteiger partial charge in [-0.2, -0.15) is 25.8 Å². The van der Waals surface area contributed by atoms with Crippen LogP contribution in [0.5, 0.6) is 0 Å². The summed E-state index contributed by atoms with van der Waals surface area (Å²) in [5.74, 6) is 1.40. The summed E-state index contributed by atoms with van der Waals surface area (Å²) < 4.78 is 2.00. The summed E-state index contributed by atoms with van der Waals surface area (Å²) in [6.45, 7) is 0. The van der Waals surface area contributed by atoms with Crippen molar-refractivity contribution in [1.29, 1.82) is 15.8 Å². The molecule has 7 nitrogen and oxygen atoms in total. The van der Waals surface area contributed by atoms with E-state index in [1.54, 1.807) is 18.2 Å². The number of nitriles is 3. The Morgan fingerprint density at radius 1 is 0.449 bits per heavy atom. The van der Waals surface area contributed by atoms with Crippen LogP contribution in [0.3, 0.4) is 0 Å². The standard InChI is InChI=1S/C42H23N7/c43-24-30-15-7-8-18-33(30)29-21-22-37-36(23-29)34-19-10-20-35(38-31(25-44)16-9-17-32(38)26-45)39(34)49(37)42-47-40(27-11-3-1-4-12-27)46-41(48-42)28-13-5-2-6-14-28/h1-23H. The van der Waals surface area contributed by atoms with Crippen LogP contribution >= 0.6 is 0 Å². The van der Waals surface area contributed by atoms with Crippen LogP contribution in [0.15, 0.2) is 140 Å². The maximum Gasteiger partial charge on any atom is 0.238 e. The number of benzene rings is 6. The van der Waals surface area contributed by atoms with Crippen LogP contribution in [-0.2, 0) is 0 Å². The Labute approximate surface area is 281 Å². The monoisotopic (exact) mass is 625 g/mol. The zero-order valence-corrected chi connectivity index (χ0v) is 25.9. The van der Waals surface area contributed by atoms with E-state index >= 15 is 0 Å². The third-order valence-corrected chi connectivity index (χ3v) is 8.61. The highest BCUT2D eigenvalue weighted by molar-refractivity contribution is 6.15. The Hall–Kier alpha value is -7.40. The Kier molecular flexibility index (Phi) is 7.16. The van der Waals surface area contributed by atoms with Crippen LogP contribution in [-0.4, -0.2) is 19.5 Å². The van der Waals surface area contributed by atoms with Gasteiger partial charge in [0.05, 0.1) is 45.9 Å². The molecule has 0 spiro atoms. The second-order valence-electron chi connectivity index (χ2n) is 11.4. The van der Waals surface area contributed by atoms with Gasteiger partial charge in [-0.1, -0.05) is 109 Å². The molecule has 0 fully saturated rings. The fourth-order valence-corrected chi connectivity index (χ4v) is 6.40. The highest BCUT2D eigenvalue weighted by atomic mass is 15.2. The van der Waals surface area contributed by atoms with Gasteiger partial charge in [-0.3, -0.25) is 4.57 Å². The van der Waals surface area contributed by atoms with Crippen LogP contribution in [0.4, 0.5) is 0 Å². The molecule has 2 heterocycles. The van der Waals surface area contributed by atoms with Crippen molar-refractivity contribution in [3.8, 4) is 69.2 Å². The van der Waals surface area contributed by atoms with Gasteiger partial charge in [-0.05, 0) is 41.5 Å². The van der Waals surface area contributed by atoms with Gasteiger partial charge in [0.15, 0.2) is 11.6 Å². The molecule has 0 aliphatic carbocycles. The average Bonchev–Trinajstić information content (AvgIpc) is 3.52. The Morgan fingerprint density at radius 3 is 1.63 bits per heavy atom. The first-order valence-electron chi connectivity index (χ1n) is 15.6. The van der Waals surface area contributed by atoms with E-state index in [0.29, 0.717) is 45.4 Å². The Bertz CT molecular complexity index is 2600. The van der Waals surface area contributed by atoms with E-state index in [-0.39, 0.29) is 0 Å². The number of para-hydroxylation sites is 1. The molecule has 226 valence electrons. The molecule has 0 atom stereocenters. The summed E-state index contributed by atoms with van der Waals surface area (Å²) in [6, 6.07) is 51.1. The molecule has 8 rings (SSSR count). The molecule has 0 saturated heterocycles. The summed E-state index contributed by atoms with van der Waals surface area (Å²) in [5, 5.41) is 32.1. The zero-order valence-electron chi connectivity index (χ0n) is 25.9. The van der Waals surface area contributed by atoms with Crippen molar-refractivity contribution < 1.29 is 0 Å². The van der Waals surface area contributed by atoms with Crippen LogP contribution in [0.2, 0.25) is 0 Å². The van der Waals surface area contributed by atoms with E-state index in [2.05, 4.69) is 24.3 Å². The summed E-state index contributed by atoms with van der Waals surface area (Å²) in [7, 11) is 0. The first-order valence-corrected chi connectivity index (χ1v) is 15.6. The van der Waals surface area contributed by atoms with Gasteiger partial charge in [-0.15, -0.1) is 0 Å². The third-order valence-electron chi connectivity index (χ3n) is 8.61. The van der Waals surface area contributed by atoms with E-state index in [0.717, 1.165) is 44.1 Å². The molecular weight excluding hydrogens is 603 g/mol. The largest absolute Gasteiger partial charge is 0.277 e. The van der Waals surface area contributed by atoms with Gasteiger partial charge in [0.25, 0.3) is 0 Å². The predicted molar refractivity (Wildman–Crippen MR) is 190 cm³/mol. The van der Waals surface area contributed by atoms with Gasteiger partial charge in [-0.25, -0.2) is 4.98 Å². The fourth-order valence-electron chi connectivity index (χ4n) is 6.40. The molecule has 0 aliphatic heterocycles. The summed E-state index contributed by atoms with van der Waals surface area (Å²) in [4.78, 5) is 15.0. The molecule has 8 aromatic rings. The number of hydrogen-bond donors (Lipinski definition) is 0. The molecule has 0 unspecified atom stereocenters. The Morgan fingerprint density at radius 2 is 1.00 bits per heavy atom. The highest BCUT2D eigenvalue weighted by Gasteiger charge is 2.23. The molecule has 7 heteroatoms. The maximum absolute atomic E-state index is 10.2. The van der Waals surface area contributed by atoms with Crippen LogP contribution in [0.1, 0.15) is 16.7 Å². The maximum atomic E-state index is 10.2. The summed E-state index contributed by atoms with van der Waals surface area (Å²) in [5.41, 5.74) is 7.52. The van der Waals surface area contributed by atoms with E-state index in [4.69, 9.17) is 15.0 Å². The third kappa shape index (κ3) is 4.95. The molecule has 0 N–H and O–H groups in total. The first-order chi connectivity index (χ1) is 24.2. The molecule has 0 bridgehead atoms. The lowest BCUT2D eigenvalue weighted by molar-refractivity contribution is 0.954. The lowest BCUT2D eigenvalue weighted by Gasteiger charge is -2.14. The molecule has 2 aromatic heterocycles. The second kappa shape index (κ2) is 12.1. The Balaban J connectivity index is 1.52. The van der Waals surface area contributed by atoms with Crippen molar-refractivity contribution in [3.63, 3.8) is 0 Å². The summed E-state index contributed by atoms with van der Waals surface area (Å²) in [6.07, 6.45) is 0. The van der Waals surface area contributed by atoms with E-state index in [1.165, 1.54) is 0 Å². The SMILES string of the molecule is N#Cc1ccccc1-c1ccc2c(c1)c1cccc(-c3c(C#N)cccc3C#N)c1n2-c1nc(-c2ccccc2)nc(-c2ccccc2)n1. The van der Waals surface area contributed by atoms with E-state index in [1.807, 2.05) is 120 Å². The number of rotatable bonds is 5. The quantitative estimate of drug-likeness (QED) is 0.188. The topological polar surface area (TPSA) is 115 Å². The minimum atomic E-state index is 0.387. The number of fused-ring (bicyclic) bond motifs is 3. The van der Waals surface area contributed by atoms with Gasteiger partial charge < -0.3 is 0 Å². The minimum absolute atomic E-state index is 0.387. The molecule has 49 heavy (non-hydrogen) atoms. The molecule has 0 aliphatic rings. The number of nitrogens with zero attached hydrogens (tertiary/aromatic N) is 7. The number of aromatic nitrogens is 4. The lowest BCUT2D eigenvalue weighted by Crippen LogP contribution is -2.07. The van der Waals surface area contributed by atoms with Crippen molar-refractivity contribution in [3.05, 3.63) is 156 Å². The van der Waals surface area contributed by atoms with E-state index in [9.17, 15) is 15.8 Å².